The number of methoxy groups -OCH3 is 1. The van der Waals surface area contributed by atoms with Crippen molar-refractivity contribution in [2.75, 3.05) is 13.7 Å². The Labute approximate surface area is 132 Å². The summed E-state index contributed by atoms with van der Waals surface area (Å²) in [4.78, 5) is 0. The Morgan fingerprint density at radius 3 is 2.41 bits per heavy atom. The summed E-state index contributed by atoms with van der Waals surface area (Å²) in [6, 6.07) is 13.9. The molecule has 0 fully saturated rings. The van der Waals surface area contributed by atoms with Gasteiger partial charge in [-0.2, -0.15) is 0 Å². The molecule has 118 valence electrons. The summed E-state index contributed by atoms with van der Waals surface area (Å²) >= 11 is 0. The molecule has 2 aromatic rings. The van der Waals surface area contributed by atoms with E-state index < -0.39 is 6.10 Å². The monoisotopic (exact) mass is 300 g/mol. The maximum absolute atomic E-state index is 10.3. The van der Waals surface area contributed by atoms with Gasteiger partial charge in [0, 0.05) is 0 Å². The smallest absolute Gasteiger partial charge is 0.161 e. The van der Waals surface area contributed by atoms with Crippen molar-refractivity contribution in [3.05, 3.63) is 59.2 Å². The van der Waals surface area contributed by atoms with Gasteiger partial charge in [0.05, 0.1) is 19.8 Å². The van der Waals surface area contributed by atoms with Crippen molar-refractivity contribution >= 4 is 0 Å². The van der Waals surface area contributed by atoms with Gasteiger partial charge in [0.15, 0.2) is 11.5 Å². The summed E-state index contributed by atoms with van der Waals surface area (Å²) in [5.74, 6) is 1.50. The van der Waals surface area contributed by atoms with Gasteiger partial charge in [0.1, 0.15) is 0 Å². The molecule has 1 N–H and O–H groups in total. The summed E-state index contributed by atoms with van der Waals surface area (Å²) in [5.41, 5.74) is 3.30. The van der Waals surface area contributed by atoms with E-state index in [1.165, 1.54) is 5.56 Å². The first-order valence-electron chi connectivity index (χ1n) is 7.68. The van der Waals surface area contributed by atoms with Crippen molar-refractivity contribution in [2.24, 2.45) is 0 Å². The average Bonchev–Trinajstić information content (AvgIpc) is 2.54. The standard InChI is InChI=1S/C19H24O3/c1-4-22-19-13-15(8-12-18(19)21-3)7-11-17(20)16-9-5-14(2)6-10-16/h5-6,8-10,12-13,17,20H,4,7,11H2,1-3H3. The van der Waals surface area contributed by atoms with Gasteiger partial charge in [0.25, 0.3) is 0 Å². The van der Waals surface area contributed by atoms with E-state index in [9.17, 15) is 5.11 Å². The zero-order valence-corrected chi connectivity index (χ0v) is 13.5. The third-order valence-corrected chi connectivity index (χ3v) is 3.70. The lowest BCUT2D eigenvalue weighted by Crippen LogP contribution is -2.01. The Morgan fingerprint density at radius 1 is 1.05 bits per heavy atom. The van der Waals surface area contributed by atoms with E-state index in [2.05, 4.69) is 0 Å². The van der Waals surface area contributed by atoms with Gasteiger partial charge >= 0.3 is 0 Å². The second kappa shape index (κ2) is 7.85. The molecule has 0 saturated heterocycles. The molecular formula is C19H24O3. The molecule has 1 unspecified atom stereocenters. The summed E-state index contributed by atoms with van der Waals surface area (Å²) in [5, 5.41) is 10.3. The van der Waals surface area contributed by atoms with E-state index in [0.29, 0.717) is 13.0 Å². The Bertz CT molecular complexity index is 590. The molecule has 0 saturated carbocycles. The minimum Gasteiger partial charge on any atom is -0.493 e. The maximum atomic E-state index is 10.3. The lowest BCUT2D eigenvalue weighted by atomic mass is 10.0. The van der Waals surface area contributed by atoms with Gasteiger partial charge in [0.2, 0.25) is 0 Å². The van der Waals surface area contributed by atoms with Crippen molar-refractivity contribution in [1.82, 2.24) is 0 Å². The second-order valence-corrected chi connectivity index (χ2v) is 5.38. The average molecular weight is 300 g/mol. The molecule has 0 amide bonds. The predicted molar refractivity (Wildman–Crippen MR) is 88.6 cm³/mol. The SMILES string of the molecule is CCOc1cc(CCC(O)c2ccc(C)cc2)ccc1OC. The summed E-state index contributed by atoms with van der Waals surface area (Å²) in [6.07, 6.45) is 1.03. The first-order chi connectivity index (χ1) is 10.6. The molecule has 3 nitrogen and oxygen atoms in total. The van der Waals surface area contributed by atoms with Gasteiger partial charge in [-0.15, -0.1) is 0 Å². The highest BCUT2D eigenvalue weighted by Crippen LogP contribution is 2.29. The van der Waals surface area contributed by atoms with Gasteiger partial charge < -0.3 is 14.6 Å². The van der Waals surface area contributed by atoms with Crippen LogP contribution < -0.4 is 9.47 Å². The lowest BCUT2D eigenvalue weighted by Gasteiger charge is -2.13. The molecule has 0 radical (unpaired) electrons. The van der Waals surface area contributed by atoms with Crippen LogP contribution in [-0.2, 0) is 6.42 Å². The Kier molecular flexibility index (Phi) is 5.84. The third kappa shape index (κ3) is 4.25. The number of ether oxygens (including phenoxy) is 2. The number of rotatable bonds is 7. The molecule has 0 aliphatic heterocycles. The number of benzene rings is 2. The number of aryl methyl sites for hydroxylation is 2. The number of hydrogen-bond donors (Lipinski definition) is 1. The maximum Gasteiger partial charge on any atom is 0.161 e. The quantitative estimate of drug-likeness (QED) is 0.837. The minimum absolute atomic E-state index is 0.446. The van der Waals surface area contributed by atoms with Gasteiger partial charge in [-0.1, -0.05) is 35.9 Å². The first-order valence-corrected chi connectivity index (χ1v) is 7.68. The van der Waals surface area contributed by atoms with Crippen molar-refractivity contribution in [3.63, 3.8) is 0 Å². The molecule has 0 aromatic heterocycles. The van der Waals surface area contributed by atoms with Gasteiger partial charge in [-0.25, -0.2) is 0 Å². The molecule has 2 aromatic carbocycles. The molecule has 0 heterocycles. The van der Waals surface area contributed by atoms with E-state index >= 15 is 0 Å². The van der Waals surface area contributed by atoms with Crippen molar-refractivity contribution in [1.29, 1.82) is 0 Å². The topological polar surface area (TPSA) is 38.7 Å². The highest BCUT2D eigenvalue weighted by atomic mass is 16.5. The van der Waals surface area contributed by atoms with Gasteiger partial charge in [-0.3, -0.25) is 0 Å². The zero-order chi connectivity index (χ0) is 15.9. The first kappa shape index (κ1) is 16.4. The molecule has 0 bridgehead atoms. The number of aliphatic hydroxyl groups is 1. The molecule has 0 aliphatic rings. The molecule has 0 spiro atoms. The van der Waals surface area contributed by atoms with E-state index in [1.807, 2.05) is 56.3 Å². The summed E-state index contributed by atoms with van der Waals surface area (Å²) in [7, 11) is 1.64. The Morgan fingerprint density at radius 2 is 1.77 bits per heavy atom. The lowest BCUT2D eigenvalue weighted by molar-refractivity contribution is 0.168. The van der Waals surface area contributed by atoms with E-state index in [-0.39, 0.29) is 0 Å². The summed E-state index contributed by atoms with van der Waals surface area (Å²) < 4.78 is 10.9. The largest absolute Gasteiger partial charge is 0.493 e. The molecule has 3 heteroatoms. The van der Waals surface area contributed by atoms with E-state index in [4.69, 9.17) is 9.47 Å². The zero-order valence-electron chi connectivity index (χ0n) is 13.5. The van der Waals surface area contributed by atoms with Crippen molar-refractivity contribution in [2.45, 2.75) is 32.8 Å². The molecular weight excluding hydrogens is 276 g/mol. The van der Waals surface area contributed by atoms with Crippen molar-refractivity contribution < 1.29 is 14.6 Å². The highest BCUT2D eigenvalue weighted by Gasteiger charge is 2.10. The molecule has 1 atom stereocenters. The van der Waals surface area contributed by atoms with Crippen LogP contribution in [0, 0.1) is 6.92 Å². The van der Waals surface area contributed by atoms with Crippen LogP contribution in [0.25, 0.3) is 0 Å². The normalized spacial score (nSPS) is 12.0. The fraction of sp³-hybridized carbons (Fsp3) is 0.368. The van der Waals surface area contributed by atoms with Crippen LogP contribution in [0.3, 0.4) is 0 Å². The number of aliphatic hydroxyl groups excluding tert-OH is 1. The predicted octanol–water partition coefficient (Wildman–Crippen LogP) is 4.07. The van der Waals surface area contributed by atoms with Crippen LogP contribution in [0.15, 0.2) is 42.5 Å². The Hall–Kier alpha value is -2.00. The van der Waals surface area contributed by atoms with Crippen LogP contribution in [0.1, 0.15) is 36.1 Å². The van der Waals surface area contributed by atoms with Crippen LogP contribution in [0.5, 0.6) is 11.5 Å². The van der Waals surface area contributed by atoms with Gasteiger partial charge in [-0.05, 0) is 49.9 Å². The van der Waals surface area contributed by atoms with E-state index in [0.717, 1.165) is 29.0 Å². The summed E-state index contributed by atoms with van der Waals surface area (Å²) in [6.45, 7) is 4.60. The minimum atomic E-state index is -0.446. The van der Waals surface area contributed by atoms with Crippen LogP contribution >= 0.6 is 0 Å². The number of hydrogen-bond acceptors (Lipinski definition) is 3. The fourth-order valence-electron chi connectivity index (χ4n) is 2.40. The van der Waals surface area contributed by atoms with E-state index in [1.54, 1.807) is 7.11 Å². The van der Waals surface area contributed by atoms with Crippen LogP contribution in [0.4, 0.5) is 0 Å². The van der Waals surface area contributed by atoms with Crippen LogP contribution in [0.2, 0.25) is 0 Å². The van der Waals surface area contributed by atoms with Crippen molar-refractivity contribution in [3.8, 4) is 11.5 Å². The molecule has 22 heavy (non-hydrogen) atoms. The highest BCUT2D eigenvalue weighted by molar-refractivity contribution is 5.43. The Balaban J connectivity index is 2.01. The molecule has 0 aliphatic carbocycles. The van der Waals surface area contributed by atoms with Crippen LogP contribution in [-0.4, -0.2) is 18.8 Å². The second-order valence-electron chi connectivity index (χ2n) is 5.38. The molecule has 2 rings (SSSR count). The third-order valence-electron chi connectivity index (χ3n) is 3.70. The fourth-order valence-corrected chi connectivity index (χ4v) is 2.40.